The summed E-state index contributed by atoms with van der Waals surface area (Å²) in [5.74, 6) is 0.651. The van der Waals surface area contributed by atoms with Gasteiger partial charge in [0.2, 0.25) is 0 Å². The Morgan fingerprint density at radius 2 is 1.82 bits per heavy atom. The molecule has 1 aromatic carbocycles. The number of aliphatic hydroxyl groups excluding tert-OH is 1. The monoisotopic (exact) mass is 230 g/mol. The quantitative estimate of drug-likeness (QED) is 0.686. The van der Waals surface area contributed by atoms with Crippen LogP contribution in [-0.2, 0) is 0 Å². The van der Waals surface area contributed by atoms with E-state index in [9.17, 15) is 0 Å². The molecule has 0 radical (unpaired) electrons. The summed E-state index contributed by atoms with van der Waals surface area (Å²) in [6.45, 7) is 0.539. The van der Waals surface area contributed by atoms with E-state index in [2.05, 4.69) is 15.5 Å². The average molecular weight is 230 g/mol. The van der Waals surface area contributed by atoms with E-state index in [-0.39, 0.29) is 6.61 Å². The van der Waals surface area contributed by atoms with Gasteiger partial charge in [0.25, 0.3) is 0 Å². The van der Waals surface area contributed by atoms with Crippen molar-refractivity contribution in [1.29, 1.82) is 0 Å². The summed E-state index contributed by atoms with van der Waals surface area (Å²) in [7, 11) is 0. The second kappa shape index (κ2) is 5.27. The van der Waals surface area contributed by atoms with Gasteiger partial charge >= 0.3 is 0 Å². The molecule has 17 heavy (non-hydrogen) atoms. The number of nitrogens with zero attached hydrogens (tertiary/aromatic N) is 2. The van der Waals surface area contributed by atoms with Gasteiger partial charge in [-0.25, -0.2) is 0 Å². The highest BCUT2D eigenvalue weighted by Crippen LogP contribution is 2.18. The van der Waals surface area contributed by atoms with E-state index in [1.54, 1.807) is 0 Å². The third kappa shape index (κ3) is 2.92. The van der Waals surface area contributed by atoms with Crippen molar-refractivity contribution in [2.75, 3.05) is 24.2 Å². The predicted molar refractivity (Wildman–Crippen MR) is 67.5 cm³/mol. The van der Waals surface area contributed by atoms with Crippen LogP contribution < -0.4 is 11.1 Å². The minimum absolute atomic E-state index is 0.0708. The van der Waals surface area contributed by atoms with Crippen molar-refractivity contribution in [3.8, 4) is 11.3 Å². The van der Waals surface area contributed by atoms with Gasteiger partial charge in [0, 0.05) is 17.8 Å². The topological polar surface area (TPSA) is 84.1 Å². The SMILES string of the molecule is Nc1ccc(-c2ccc(NCCO)nn2)cc1. The van der Waals surface area contributed by atoms with Crippen LogP contribution in [0.1, 0.15) is 0 Å². The molecular weight excluding hydrogens is 216 g/mol. The Morgan fingerprint density at radius 3 is 2.41 bits per heavy atom. The van der Waals surface area contributed by atoms with E-state index < -0.39 is 0 Å². The minimum atomic E-state index is 0.0708. The molecule has 0 aliphatic rings. The number of hydrogen-bond donors (Lipinski definition) is 3. The fourth-order valence-electron chi connectivity index (χ4n) is 1.42. The lowest BCUT2D eigenvalue weighted by molar-refractivity contribution is 0.311. The molecule has 4 N–H and O–H groups in total. The molecule has 2 aromatic rings. The number of aliphatic hydroxyl groups is 1. The van der Waals surface area contributed by atoms with Gasteiger partial charge in [-0.1, -0.05) is 12.1 Å². The second-order valence-electron chi connectivity index (χ2n) is 3.58. The molecule has 0 fully saturated rings. The van der Waals surface area contributed by atoms with Gasteiger partial charge in [-0.2, -0.15) is 0 Å². The first-order chi connectivity index (χ1) is 8.29. The zero-order valence-electron chi connectivity index (χ0n) is 9.30. The molecule has 0 bridgehead atoms. The molecule has 5 heteroatoms. The summed E-state index contributed by atoms with van der Waals surface area (Å²) in [6.07, 6.45) is 0. The summed E-state index contributed by atoms with van der Waals surface area (Å²) in [4.78, 5) is 0. The molecule has 0 amide bonds. The normalized spacial score (nSPS) is 10.2. The number of anilines is 2. The summed E-state index contributed by atoms with van der Waals surface area (Å²) >= 11 is 0. The van der Waals surface area contributed by atoms with Crippen LogP contribution in [0.25, 0.3) is 11.3 Å². The highest BCUT2D eigenvalue weighted by Gasteiger charge is 2.00. The number of benzene rings is 1. The summed E-state index contributed by atoms with van der Waals surface area (Å²) in [6, 6.07) is 11.2. The van der Waals surface area contributed by atoms with E-state index in [4.69, 9.17) is 10.8 Å². The Bertz CT molecular complexity index is 467. The number of rotatable bonds is 4. The maximum absolute atomic E-state index is 8.66. The molecule has 0 spiro atoms. The van der Waals surface area contributed by atoms with Crippen LogP contribution in [0.4, 0.5) is 11.5 Å². The fourth-order valence-corrected chi connectivity index (χ4v) is 1.42. The molecule has 88 valence electrons. The highest BCUT2D eigenvalue weighted by molar-refractivity contribution is 5.62. The molecule has 2 rings (SSSR count). The van der Waals surface area contributed by atoms with Gasteiger partial charge in [0.1, 0.15) is 5.82 Å². The van der Waals surface area contributed by atoms with E-state index >= 15 is 0 Å². The van der Waals surface area contributed by atoms with Gasteiger partial charge in [-0.3, -0.25) is 0 Å². The molecule has 0 aliphatic heterocycles. The van der Waals surface area contributed by atoms with Gasteiger partial charge in [-0.15, -0.1) is 10.2 Å². The molecule has 5 nitrogen and oxygen atoms in total. The standard InChI is InChI=1S/C12H14N4O/c13-10-3-1-9(2-4-10)11-5-6-12(16-15-11)14-7-8-17/h1-6,17H,7-8,13H2,(H,14,16). The lowest BCUT2D eigenvalue weighted by atomic mass is 10.1. The van der Waals surface area contributed by atoms with Crippen molar-refractivity contribution >= 4 is 11.5 Å². The smallest absolute Gasteiger partial charge is 0.148 e. The maximum Gasteiger partial charge on any atom is 0.148 e. The van der Waals surface area contributed by atoms with Crippen LogP contribution >= 0.6 is 0 Å². The predicted octanol–water partition coefficient (Wildman–Crippen LogP) is 1.13. The van der Waals surface area contributed by atoms with Gasteiger partial charge in [0.15, 0.2) is 0 Å². The highest BCUT2D eigenvalue weighted by atomic mass is 16.3. The average Bonchev–Trinajstić information content (AvgIpc) is 2.38. The Labute approximate surface area is 99.3 Å². The molecule has 0 aliphatic carbocycles. The van der Waals surface area contributed by atoms with E-state index in [0.29, 0.717) is 12.4 Å². The first-order valence-corrected chi connectivity index (χ1v) is 5.34. The van der Waals surface area contributed by atoms with Crippen LogP contribution in [0.3, 0.4) is 0 Å². The molecule has 0 atom stereocenters. The van der Waals surface area contributed by atoms with E-state index in [0.717, 1.165) is 16.9 Å². The molecular formula is C12H14N4O. The fraction of sp³-hybridized carbons (Fsp3) is 0.167. The Balaban J connectivity index is 2.14. The molecule has 0 saturated heterocycles. The summed E-state index contributed by atoms with van der Waals surface area (Å²) in [5.41, 5.74) is 8.10. The van der Waals surface area contributed by atoms with E-state index in [1.165, 1.54) is 0 Å². The number of nitrogens with one attached hydrogen (secondary N) is 1. The van der Waals surface area contributed by atoms with Gasteiger partial charge < -0.3 is 16.2 Å². The van der Waals surface area contributed by atoms with Gasteiger partial charge in [-0.05, 0) is 24.3 Å². The number of aromatic nitrogens is 2. The number of hydrogen-bond acceptors (Lipinski definition) is 5. The Kier molecular flexibility index (Phi) is 3.52. The van der Waals surface area contributed by atoms with Crippen LogP contribution in [0.5, 0.6) is 0 Å². The first-order valence-electron chi connectivity index (χ1n) is 5.34. The molecule has 0 unspecified atom stereocenters. The molecule has 1 heterocycles. The van der Waals surface area contributed by atoms with Crippen molar-refractivity contribution in [2.45, 2.75) is 0 Å². The van der Waals surface area contributed by atoms with Crippen molar-refractivity contribution in [1.82, 2.24) is 10.2 Å². The zero-order valence-corrected chi connectivity index (χ0v) is 9.30. The second-order valence-corrected chi connectivity index (χ2v) is 3.58. The van der Waals surface area contributed by atoms with Crippen molar-refractivity contribution < 1.29 is 5.11 Å². The van der Waals surface area contributed by atoms with Crippen LogP contribution in [0.15, 0.2) is 36.4 Å². The third-order valence-corrected chi connectivity index (χ3v) is 2.29. The third-order valence-electron chi connectivity index (χ3n) is 2.29. The number of nitrogen functional groups attached to an aromatic ring is 1. The largest absolute Gasteiger partial charge is 0.399 e. The Hall–Kier alpha value is -2.14. The molecule has 0 saturated carbocycles. The lowest BCUT2D eigenvalue weighted by Gasteiger charge is -2.04. The van der Waals surface area contributed by atoms with Crippen LogP contribution in [-0.4, -0.2) is 28.5 Å². The Morgan fingerprint density at radius 1 is 1.06 bits per heavy atom. The zero-order chi connectivity index (χ0) is 12.1. The van der Waals surface area contributed by atoms with Crippen LogP contribution in [0, 0.1) is 0 Å². The van der Waals surface area contributed by atoms with Crippen molar-refractivity contribution in [2.24, 2.45) is 0 Å². The summed E-state index contributed by atoms with van der Waals surface area (Å²) in [5, 5.41) is 19.7. The minimum Gasteiger partial charge on any atom is -0.399 e. The van der Waals surface area contributed by atoms with Crippen molar-refractivity contribution in [3.05, 3.63) is 36.4 Å². The maximum atomic E-state index is 8.66. The summed E-state index contributed by atoms with van der Waals surface area (Å²) < 4.78 is 0. The molecule has 1 aromatic heterocycles. The van der Waals surface area contributed by atoms with E-state index in [1.807, 2.05) is 36.4 Å². The first kappa shape index (κ1) is 11.3. The lowest BCUT2D eigenvalue weighted by Crippen LogP contribution is -2.07. The van der Waals surface area contributed by atoms with Crippen molar-refractivity contribution in [3.63, 3.8) is 0 Å². The van der Waals surface area contributed by atoms with Gasteiger partial charge in [0.05, 0.1) is 12.3 Å². The van der Waals surface area contributed by atoms with Crippen LogP contribution in [0.2, 0.25) is 0 Å². The number of nitrogens with two attached hydrogens (primary N) is 1.